The molecule has 7 heteroatoms. The summed E-state index contributed by atoms with van der Waals surface area (Å²) in [4.78, 5) is 37.1. The van der Waals surface area contributed by atoms with E-state index in [1.165, 1.54) is 0 Å². The average molecular weight is 280 g/mol. The van der Waals surface area contributed by atoms with Crippen LogP contribution in [-0.2, 0) is 14.4 Å². The molecule has 2 aliphatic heterocycles. The summed E-state index contributed by atoms with van der Waals surface area (Å²) < 4.78 is 0. The number of carbonyl (C=O) groups excluding carboxylic acids is 3. The summed E-state index contributed by atoms with van der Waals surface area (Å²) in [6, 6.07) is -0.305. The van der Waals surface area contributed by atoms with Crippen molar-refractivity contribution in [3.8, 4) is 0 Å². The van der Waals surface area contributed by atoms with Gasteiger partial charge in [-0.1, -0.05) is 6.58 Å². The molecule has 3 amide bonds. The third-order valence-corrected chi connectivity index (χ3v) is 3.57. The quantitative estimate of drug-likeness (QED) is 0.515. The molecular weight excluding hydrogens is 260 g/mol. The maximum Gasteiger partial charge on any atom is 0.243 e. The number of fused-ring (bicyclic) bond motifs is 1. The fraction of sp³-hybridized carbons (Fsp3) is 0.615. The number of hydrogen-bond donors (Lipinski definition) is 3. The fourth-order valence-electron chi connectivity index (χ4n) is 2.47. The Balaban J connectivity index is 2.11. The van der Waals surface area contributed by atoms with E-state index in [0.29, 0.717) is 6.54 Å². The van der Waals surface area contributed by atoms with Crippen molar-refractivity contribution in [1.29, 1.82) is 0 Å². The van der Waals surface area contributed by atoms with Gasteiger partial charge in [0.15, 0.2) is 0 Å². The van der Waals surface area contributed by atoms with Gasteiger partial charge in [-0.15, -0.1) is 0 Å². The maximum atomic E-state index is 12.2. The molecule has 0 bridgehead atoms. The van der Waals surface area contributed by atoms with Gasteiger partial charge < -0.3 is 20.9 Å². The molecule has 0 radical (unpaired) electrons. The molecule has 2 rings (SSSR count). The van der Waals surface area contributed by atoms with E-state index >= 15 is 0 Å². The van der Waals surface area contributed by atoms with E-state index in [1.54, 1.807) is 0 Å². The number of carbonyl (C=O) groups is 3. The number of hydrogen-bond acceptors (Lipinski definition) is 4. The van der Waals surface area contributed by atoms with Crippen LogP contribution in [0.1, 0.15) is 19.3 Å². The Morgan fingerprint density at radius 1 is 0.950 bits per heavy atom. The molecule has 7 nitrogen and oxygen atoms in total. The van der Waals surface area contributed by atoms with Crippen LogP contribution in [0.2, 0.25) is 0 Å². The van der Waals surface area contributed by atoms with Gasteiger partial charge >= 0.3 is 0 Å². The zero-order valence-corrected chi connectivity index (χ0v) is 11.4. The number of amides is 3. The summed E-state index contributed by atoms with van der Waals surface area (Å²) in [6.07, 6.45) is 2.71. The van der Waals surface area contributed by atoms with Gasteiger partial charge in [-0.25, -0.2) is 0 Å². The normalized spacial score (nSPS) is 25.6. The van der Waals surface area contributed by atoms with Crippen LogP contribution >= 0.6 is 0 Å². The maximum absolute atomic E-state index is 12.2. The van der Waals surface area contributed by atoms with Crippen molar-refractivity contribution in [2.75, 3.05) is 26.2 Å². The zero-order valence-electron chi connectivity index (χ0n) is 11.4. The van der Waals surface area contributed by atoms with E-state index in [-0.39, 0.29) is 36.9 Å². The largest absolute Gasteiger partial charge is 0.362 e. The highest BCUT2D eigenvalue weighted by molar-refractivity contribution is 5.90. The Morgan fingerprint density at radius 2 is 1.60 bits per heavy atom. The lowest BCUT2D eigenvalue weighted by atomic mass is 10.0. The molecule has 2 heterocycles. The summed E-state index contributed by atoms with van der Waals surface area (Å²) in [5, 5.41) is 7.76. The van der Waals surface area contributed by atoms with Crippen LogP contribution in [0.15, 0.2) is 12.3 Å². The number of nitrogens with zero attached hydrogens (tertiary/aromatic N) is 1. The molecule has 0 spiro atoms. The SMILES string of the molecule is C=C1CNC(=O)CNC(=O)CNC(=O)C2CCCCN12. The Kier molecular flexibility index (Phi) is 4.60. The lowest BCUT2D eigenvalue weighted by molar-refractivity contribution is -0.130. The molecule has 0 aromatic carbocycles. The molecule has 3 N–H and O–H groups in total. The molecule has 110 valence electrons. The Morgan fingerprint density at radius 3 is 2.35 bits per heavy atom. The average Bonchev–Trinajstić information content (AvgIpc) is 2.47. The first-order chi connectivity index (χ1) is 9.58. The summed E-state index contributed by atoms with van der Waals surface area (Å²) in [5.74, 6) is -0.789. The van der Waals surface area contributed by atoms with Crippen molar-refractivity contribution in [2.45, 2.75) is 25.3 Å². The summed E-state index contributed by atoms with van der Waals surface area (Å²) in [6.45, 7) is 4.79. The number of rotatable bonds is 0. The van der Waals surface area contributed by atoms with Gasteiger partial charge in [0.2, 0.25) is 17.7 Å². The van der Waals surface area contributed by atoms with Gasteiger partial charge in [0.1, 0.15) is 6.04 Å². The van der Waals surface area contributed by atoms with Crippen LogP contribution in [0.4, 0.5) is 0 Å². The standard InChI is InChI=1S/C13H20N4O3/c1-9-6-14-11(18)7-15-12(19)8-16-13(20)10-4-2-3-5-17(9)10/h10H,1-8H2,(H,14,18)(H,15,19)(H,16,20). The summed E-state index contributed by atoms with van der Waals surface area (Å²) in [5.41, 5.74) is 0.727. The van der Waals surface area contributed by atoms with Crippen molar-refractivity contribution in [3.05, 3.63) is 12.3 Å². The Bertz CT molecular complexity index is 395. The van der Waals surface area contributed by atoms with Crippen LogP contribution in [0.5, 0.6) is 0 Å². The summed E-state index contributed by atoms with van der Waals surface area (Å²) >= 11 is 0. The molecule has 2 fully saturated rings. The highest BCUT2D eigenvalue weighted by atomic mass is 16.2. The van der Waals surface area contributed by atoms with Crippen LogP contribution in [0.3, 0.4) is 0 Å². The zero-order chi connectivity index (χ0) is 14.5. The second kappa shape index (κ2) is 6.40. The highest BCUT2D eigenvalue weighted by Crippen LogP contribution is 2.20. The number of nitrogens with one attached hydrogen (secondary N) is 3. The monoisotopic (exact) mass is 280 g/mol. The molecule has 1 atom stereocenters. The van der Waals surface area contributed by atoms with Gasteiger partial charge in [0.25, 0.3) is 0 Å². The minimum absolute atomic E-state index is 0.0919. The van der Waals surface area contributed by atoms with Crippen LogP contribution in [0, 0.1) is 0 Å². The highest BCUT2D eigenvalue weighted by Gasteiger charge is 2.29. The van der Waals surface area contributed by atoms with Crippen LogP contribution in [0.25, 0.3) is 0 Å². The van der Waals surface area contributed by atoms with E-state index < -0.39 is 0 Å². The molecular formula is C13H20N4O3. The van der Waals surface area contributed by atoms with Gasteiger partial charge in [0, 0.05) is 12.2 Å². The third-order valence-electron chi connectivity index (χ3n) is 3.57. The number of piperidine rings is 1. The van der Waals surface area contributed by atoms with E-state index in [1.807, 2.05) is 4.90 Å². The van der Waals surface area contributed by atoms with Crippen molar-refractivity contribution >= 4 is 17.7 Å². The van der Waals surface area contributed by atoms with Crippen molar-refractivity contribution in [3.63, 3.8) is 0 Å². The molecule has 0 aromatic heterocycles. The van der Waals surface area contributed by atoms with E-state index in [2.05, 4.69) is 22.5 Å². The molecule has 0 saturated carbocycles. The first kappa shape index (κ1) is 14.4. The first-order valence-electron chi connectivity index (χ1n) is 6.83. The molecule has 2 saturated heterocycles. The van der Waals surface area contributed by atoms with E-state index in [0.717, 1.165) is 31.5 Å². The predicted molar refractivity (Wildman–Crippen MR) is 72.5 cm³/mol. The van der Waals surface area contributed by atoms with E-state index in [9.17, 15) is 14.4 Å². The van der Waals surface area contributed by atoms with Crippen molar-refractivity contribution in [1.82, 2.24) is 20.9 Å². The topological polar surface area (TPSA) is 90.5 Å². The molecule has 20 heavy (non-hydrogen) atoms. The first-order valence-corrected chi connectivity index (χ1v) is 6.83. The molecule has 1 unspecified atom stereocenters. The fourth-order valence-corrected chi connectivity index (χ4v) is 2.47. The van der Waals surface area contributed by atoms with Gasteiger partial charge in [-0.05, 0) is 19.3 Å². The van der Waals surface area contributed by atoms with Crippen molar-refractivity contribution in [2.24, 2.45) is 0 Å². The molecule has 0 aliphatic carbocycles. The van der Waals surface area contributed by atoms with Gasteiger partial charge in [-0.2, -0.15) is 0 Å². The Hall–Kier alpha value is -2.05. The third kappa shape index (κ3) is 3.49. The van der Waals surface area contributed by atoms with Gasteiger partial charge in [0.05, 0.1) is 19.6 Å². The minimum atomic E-state index is -0.366. The van der Waals surface area contributed by atoms with Crippen LogP contribution < -0.4 is 16.0 Å². The van der Waals surface area contributed by atoms with Gasteiger partial charge in [-0.3, -0.25) is 14.4 Å². The van der Waals surface area contributed by atoms with Crippen LogP contribution in [-0.4, -0.2) is 54.8 Å². The van der Waals surface area contributed by atoms with Crippen molar-refractivity contribution < 1.29 is 14.4 Å². The smallest absolute Gasteiger partial charge is 0.243 e. The second-order valence-corrected chi connectivity index (χ2v) is 5.04. The molecule has 0 aromatic rings. The van der Waals surface area contributed by atoms with E-state index in [4.69, 9.17) is 0 Å². The summed E-state index contributed by atoms with van der Waals surface area (Å²) in [7, 11) is 0. The second-order valence-electron chi connectivity index (χ2n) is 5.04. The minimum Gasteiger partial charge on any atom is -0.362 e. The Labute approximate surface area is 117 Å². The molecule has 2 aliphatic rings. The lowest BCUT2D eigenvalue weighted by Gasteiger charge is -2.37. The lowest BCUT2D eigenvalue weighted by Crippen LogP contribution is -2.53. The predicted octanol–water partition coefficient (Wildman–Crippen LogP) is -1.28.